The molecule has 1 aromatic rings. The molecule has 0 bridgehead atoms. The van der Waals surface area contributed by atoms with E-state index in [9.17, 15) is 4.79 Å². The van der Waals surface area contributed by atoms with Gasteiger partial charge < -0.3 is 20.1 Å². The number of benzene rings is 1. The number of carboxylic acids is 1. The van der Waals surface area contributed by atoms with Crippen LogP contribution in [0.25, 0.3) is 0 Å². The molecule has 0 aromatic heterocycles. The van der Waals surface area contributed by atoms with E-state index in [4.69, 9.17) is 9.84 Å². The number of methoxy groups -OCH3 is 1. The first-order chi connectivity index (χ1) is 9.20. The van der Waals surface area contributed by atoms with Crippen molar-refractivity contribution in [3.05, 3.63) is 24.3 Å². The molecule has 1 heterocycles. The minimum atomic E-state index is -0.811. The SMILES string of the molecule is COc1ccccc1N1CCCC(NCC(=O)O)C1. The van der Waals surface area contributed by atoms with Gasteiger partial charge in [0.25, 0.3) is 0 Å². The minimum absolute atomic E-state index is 0.0183. The maximum absolute atomic E-state index is 10.6. The highest BCUT2D eigenvalue weighted by Gasteiger charge is 2.22. The highest BCUT2D eigenvalue weighted by molar-refractivity contribution is 5.69. The van der Waals surface area contributed by atoms with Gasteiger partial charge in [-0.1, -0.05) is 12.1 Å². The topological polar surface area (TPSA) is 61.8 Å². The van der Waals surface area contributed by atoms with Gasteiger partial charge in [-0.3, -0.25) is 4.79 Å². The molecular formula is C14H20N2O3. The number of nitrogens with one attached hydrogen (secondary N) is 1. The lowest BCUT2D eigenvalue weighted by Crippen LogP contribution is -2.47. The van der Waals surface area contributed by atoms with E-state index in [1.54, 1.807) is 7.11 Å². The molecule has 2 N–H and O–H groups in total. The number of anilines is 1. The van der Waals surface area contributed by atoms with Crippen molar-refractivity contribution < 1.29 is 14.6 Å². The highest BCUT2D eigenvalue weighted by Crippen LogP contribution is 2.29. The predicted octanol–water partition coefficient (Wildman–Crippen LogP) is 1.34. The maximum atomic E-state index is 10.6. The maximum Gasteiger partial charge on any atom is 0.317 e. The summed E-state index contributed by atoms with van der Waals surface area (Å²) in [7, 11) is 1.67. The van der Waals surface area contributed by atoms with E-state index in [-0.39, 0.29) is 12.6 Å². The van der Waals surface area contributed by atoms with Gasteiger partial charge in [0, 0.05) is 19.1 Å². The van der Waals surface area contributed by atoms with Crippen molar-refractivity contribution in [3.63, 3.8) is 0 Å². The highest BCUT2D eigenvalue weighted by atomic mass is 16.5. The summed E-state index contributed by atoms with van der Waals surface area (Å²) in [5, 5.41) is 11.8. The summed E-state index contributed by atoms with van der Waals surface area (Å²) in [5.74, 6) is 0.0517. The van der Waals surface area contributed by atoms with Gasteiger partial charge in [0.2, 0.25) is 0 Å². The second kappa shape index (κ2) is 6.43. The van der Waals surface area contributed by atoms with Crippen LogP contribution in [0, 0.1) is 0 Å². The van der Waals surface area contributed by atoms with Crippen LogP contribution in [0.2, 0.25) is 0 Å². The van der Waals surface area contributed by atoms with Gasteiger partial charge in [0.05, 0.1) is 19.3 Å². The van der Waals surface area contributed by atoms with Gasteiger partial charge in [0.1, 0.15) is 5.75 Å². The number of carbonyl (C=O) groups is 1. The van der Waals surface area contributed by atoms with Crippen molar-refractivity contribution in [1.82, 2.24) is 5.32 Å². The first-order valence-electron chi connectivity index (χ1n) is 6.54. The summed E-state index contributed by atoms with van der Waals surface area (Å²) >= 11 is 0. The number of rotatable bonds is 5. The number of hydrogen-bond donors (Lipinski definition) is 2. The van der Waals surface area contributed by atoms with Crippen LogP contribution in [0.4, 0.5) is 5.69 Å². The van der Waals surface area contributed by atoms with Crippen molar-refractivity contribution in [2.24, 2.45) is 0 Å². The lowest BCUT2D eigenvalue weighted by Gasteiger charge is -2.35. The molecule has 2 rings (SSSR count). The number of para-hydroxylation sites is 2. The fourth-order valence-corrected chi connectivity index (χ4v) is 2.49. The normalized spacial score (nSPS) is 19.2. The molecule has 0 radical (unpaired) electrons. The smallest absolute Gasteiger partial charge is 0.317 e. The van der Waals surface area contributed by atoms with E-state index >= 15 is 0 Å². The van der Waals surface area contributed by atoms with Crippen molar-refractivity contribution >= 4 is 11.7 Å². The summed E-state index contributed by atoms with van der Waals surface area (Å²) in [4.78, 5) is 12.8. The number of ether oxygens (including phenoxy) is 1. The largest absolute Gasteiger partial charge is 0.495 e. The van der Waals surface area contributed by atoms with Crippen LogP contribution in [-0.2, 0) is 4.79 Å². The van der Waals surface area contributed by atoms with Crippen LogP contribution in [0.1, 0.15) is 12.8 Å². The summed E-state index contributed by atoms with van der Waals surface area (Å²) in [6, 6.07) is 8.15. The van der Waals surface area contributed by atoms with Crippen LogP contribution in [0.5, 0.6) is 5.75 Å². The van der Waals surface area contributed by atoms with Crippen LogP contribution in [0.3, 0.4) is 0 Å². The molecule has 5 heteroatoms. The Morgan fingerprint density at radius 3 is 3.05 bits per heavy atom. The standard InChI is InChI=1S/C14H20N2O3/c1-19-13-7-3-2-6-12(13)16-8-4-5-11(10-16)15-9-14(17)18/h2-3,6-7,11,15H,4-5,8-10H2,1H3,(H,17,18). The Morgan fingerprint density at radius 1 is 1.53 bits per heavy atom. The molecule has 1 saturated heterocycles. The first-order valence-corrected chi connectivity index (χ1v) is 6.54. The minimum Gasteiger partial charge on any atom is -0.495 e. The summed E-state index contributed by atoms with van der Waals surface area (Å²) in [6.45, 7) is 1.81. The monoisotopic (exact) mass is 264 g/mol. The third kappa shape index (κ3) is 3.61. The molecule has 19 heavy (non-hydrogen) atoms. The van der Waals surface area contributed by atoms with Crippen molar-refractivity contribution in [3.8, 4) is 5.75 Å². The molecule has 0 amide bonds. The molecule has 0 aliphatic carbocycles. The Balaban J connectivity index is 2.02. The lowest BCUT2D eigenvalue weighted by molar-refractivity contribution is -0.136. The fraction of sp³-hybridized carbons (Fsp3) is 0.500. The Bertz CT molecular complexity index is 436. The molecule has 0 saturated carbocycles. The summed E-state index contributed by atoms with van der Waals surface area (Å²) in [5.41, 5.74) is 1.08. The quantitative estimate of drug-likeness (QED) is 0.840. The summed E-state index contributed by atoms with van der Waals surface area (Å²) < 4.78 is 5.38. The van der Waals surface area contributed by atoms with Crippen LogP contribution >= 0.6 is 0 Å². The van der Waals surface area contributed by atoms with Gasteiger partial charge >= 0.3 is 5.97 Å². The van der Waals surface area contributed by atoms with E-state index in [1.165, 1.54) is 0 Å². The van der Waals surface area contributed by atoms with Crippen LogP contribution < -0.4 is 15.0 Å². The number of aliphatic carboxylic acids is 1. The third-order valence-electron chi connectivity index (χ3n) is 3.39. The molecule has 1 fully saturated rings. The van der Waals surface area contributed by atoms with E-state index in [0.29, 0.717) is 0 Å². The zero-order chi connectivity index (χ0) is 13.7. The van der Waals surface area contributed by atoms with Gasteiger partial charge in [-0.2, -0.15) is 0 Å². The zero-order valence-electron chi connectivity index (χ0n) is 11.1. The molecule has 1 aromatic carbocycles. The second-order valence-electron chi connectivity index (χ2n) is 4.73. The molecule has 1 aliphatic heterocycles. The van der Waals surface area contributed by atoms with Gasteiger partial charge in [0.15, 0.2) is 0 Å². The summed E-state index contributed by atoms with van der Waals surface area (Å²) in [6.07, 6.45) is 2.06. The van der Waals surface area contributed by atoms with Crippen molar-refractivity contribution in [1.29, 1.82) is 0 Å². The molecule has 1 unspecified atom stereocenters. The van der Waals surface area contributed by atoms with Crippen molar-refractivity contribution in [2.75, 3.05) is 31.6 Å². The van der Waals surface area contributed by atoms with Crippen LogP contribution in [0.15, 0.2) is 24.3 Å². The van der Waals surface area contributed by atoms with E-state index in [2.05, 4.69) is 10.2 Å². The van der Waals surface area contributed by atoms with Gasteiger partial charge in [-0.25, -0.2) is 0 Å². The average molecular weight is 264 g/mol. The lowest BCUT2D eigenvalue weighted by atomic mass is 10.0. The number of hydrogen-bond acceptors (Lipinski definition) is 4. The molecule has 5 nitrogen and oxygen atoms in total. The predicted molar refractivity (Wildman–Crippen MR) is 73.9 cm³/mol. The fourth-order valence-electron chi connectivity index (χ4n) is 2.49. The van der Waals surface area contributed by atoms with Crippen molar-refractivity contribution in [2.45, 2.75) is 18.9 Å². The zero-order valence-corrected chi connectivity index (χ0v) is 11.1. The van der Waals surface area contributed by atoms with E-state index in [1.807, 2.05) is 24.3 Å². The third-order valence-corrected chi connectivity index (χ3v) is 3.39. The Kier molecular flexibility index (Phi) is 4.63. The van der Waals surface area contributed by atoms with Crippen LogP contribution in [-0.4, -0.2) is 43.9 Å². The first kappa shape index (κ1) is 13.7. The van der Waals surface area contributed by atoms with E-state index < -0.39 is 5.97 Å². The second-order valence-corrected chi connectivity index (χ2v) is 4.73. The molecule has 1 aliphatic rings. The number of carboxylic acid groups (broad SMARTS) is 1. The Morgan fingerprint density at radius 2 is 2.32 bits per heavy atom. The number of piperidine rings is 1. The Labute approximate surface area is 113 Å². The van der Waals surface area contributed by atoms with E-state index in [0.717, 1.165) is 37.4 Å². The van der Waals surface area contributed by atoms with Gasteiger partial charge in [-0.15, -0.1) is 0 Å². The van der Waals surface area contributed by atoms with Gasteiger partial charge in [-0.05, 0) is 25.0 Å². The molecule has 104 valence electrons. The number of nitrogens with zero attached hydrogens (tertiary/aromatic N) is 1. The molecule has 1 atom stereocenters. The Hall–Kier alpha value is -1.75. The average Bonchev–Trinajstić information content (AvgIpc) is 2.45. The molecular weight excluding hydrogens is 244 g/mol. The molecule has 0 spiro atoms.